The fourth-order valence-electron chi connectivity index (χ4n) is 2.25. The van der Waals surface area contributed by atoms with Gasteiger partial charge in [0.2, 0.25) is 17.7 Å². The summed E-state index contributed by atoms with van der Waals surface area (Å²) < 4.78 is 34.0. The number of carbonyl (C=O) groups excluding carboxylic acids is 3. The Labute approximate surface area is 171 Å². The van der Waals surface area contributed by atoms with Crippen LogP contribution in [0.3, 0.4) is 0 Å². The van der Waals surface area contributed by atoms with Crippen molar-refractivity contribution in [3.63, 3.8) is 0 Å². The number of rotatable bonds is 9. The van der Waals surface area contributed by atoms with Crippen molar-refractivity contribution in [3.8, 4) is 17.2 Å². The van der Waals surface area contributed by atoms with E-state index in [1.165, 1.54) is 24.3 Å². The van der Waals surface area contributed by atoms with E-state index >= 15 is 0 Å². The number of halogens is 2. The molecule has 9 nitrogen and oxygen atoms in total. The van der Waals surface area contributed by atoms with E-state index in [-0.39, 0.29) is 58.5 Å². The highest BCUT2D eigenvalue weighted by Crippen LogP contribution is 2.25. The Morgan fingerprint density at radius 2 is 2.07 bits per heavy atom. The number of nitrogens with one attached hydrogen (secondary N) is 1. The lowest BCUT2D eigenvalue weighted by atomic mass is 10.2. The van der Waals surface area contributed by atoms with Gasteiger partial charge < -0.3 is 14.5 Å². The topological polar surface area (TPSA) is 115 Å². The lowest BCUT2D eigenvalue weighted by molar-refractivity contribution is -0.125. The molecule has 0 bridgehead atoms. The van der Waals surface area contributed by atoms with Crippen molar-refractivity contribution in [3.05, 3.63) is 24.3 Å². The van der Waals surface area contributed by atoms with Gasteiger partial charge in [-0.05, 0) is 24.3 Å². The average molecular weight is 444 g/mol. The summed E-state index contributed by atoms with van der Waals surface area (Å²) >= 11 is 1.95. The van der Waals surface area contributed by atoms with E-state index in [0.29, 0.717) is 5.56 Å². The smallest absolute Gasteiger partial charge is 0.387 e. The van der Waals surface area contributed by atoms with Crippen molar-refractivity contribution >= 4 is 40.6 Å². The highest BCUT2D eigenvalue weighted by atomic mass is 32.2. The maximum absolute atomic E-state index is 12.2. The second-order valence-corrected chi connectivity index (χ2v) is 7.37. The van der Waals surface area contributed by atoms with Crippen molar-refractivity contribution in [2.75, 3.05) is 24.6 Å². The van der Waals surface area contributed by atoms with Crippen molar-refractivity contribution < 1.29 is 32.3 Å². The largest absolute Gasteiger partial charge is 0.435 e. The lowest BCUT2D eigenvalue weighted by Crippen LogP contribution is -2.38. The molecule has 1 aromatic heterocycles. The first kappa shape index (κ1) is 21.0. The van der Waals surface area contributed by atoms with E-state index in [4.69, 9.17) is 4.42 Å². The van der Waals surface area contributed by atoms with Gasteiger partial charge in [-0.15, -0.1) is 10.2 Å². The molecular weight excluding hydrogens is 430 g/mol. The molecule has 1 saturated heterocycles. The van der Waals surface area contributed by atoms with Crippen LogP contribution in [0.4, 0.5) is 13.6 Å². The van der Waals surface area contributed by atoms with Crippen LogP contribution >= 0.6 is 23.5 Å². The second kappa shape index (κ2) is 9.69. The summed E-state index contributed by atoms with van der Waals surface area (Å²) in [6.07, 6.45) is 0. The maximum Gasteiger partial charge on any atom is 0.387 e. The van der Waals surface area contributed by atoms with Crippen LogP contribution in [0.2, 0.25) is 0 Å². The molecule has 0 radical (unpaired) electrons. The van der Waals surface area contributed by atoms with Crippen molar-refractivity contribution in [2.45, 2.75) is 11.8 Å². The van der Waals surface area contributed by atoms with Gasteiger partial charge in [-0.2, -0.15) is 8.78 Å². The zero-order valence-corrected chi connectivity index (χ0v) is 16.3. The number of imide groups is 1. The van der Waals surface area contributed by atoms with Crippen molar-refractivity contribution in [1.82, 2.24) is 20.4 Å². The SMILES string of the molecule is O=C(CSc1nnc(-c2ccc(OC(F)F)cc2)o1)NCCN1C(=O)CSC1=O. The summed E-state index contributed by atoms with van der Waals surface area (Å²) in [6.45, 7) is -2.63. The van der Waals surface area contributed by atoms with Crippen LogP contribution in [0.15, 0.2) is 33.9 Å². The molecular formula is C16H14F2N4O5S2. The molecule has 1 N–H and O–H groups in total. The lowest BCUT2D eigenvalue weighted by Gasteiger charge is -2.12. The van der Waals surface area contributed by atoms with E-state index in [0.717, 1.165) is 28.4 Å². The number of benzene rings is 1. The molecule has 1 aromatic carbocycles. The highest BCUT2D eigenvalue weighted by molar-refractivity contribution is 8.14. The molecule has 0 atom stereocenters. The Balaban J connectivity index is 1.43. The third-order valence-corrected chi connectivity index (χ3v) is 5.23. The number of carbonyl (C=O) groups is 3. The number of aromatic nitrogens is 2. The minimum Gasteiger partial charge on any atom is -0.435 e. The predicted molar refractivity (Wildman–Crippen MR) is 99.7 cm³/mol. The van der Waals surface area contributed by atoms with Crippen LogP contribution in [-0.2, 0) is 9.59 Å². The first-order chi connectivity index (χ1) is 13.9. The monoisotopic (exact) mass is 444 g/mol. The minimum atomic E-state index is -2.91. The van der Waals surface area contributed by atoms with E-state index in [2.05, 4.69) is 20.3 Å². The van der Waals surface area contributed by atoms with Crippen LogP contribution in [0, 0.1) is 0 Å². The van der Waals surface area contributed by atoms with Crippen molar-refractivity contribution in [2.24, 2.45) is 0 Å². The van der Waals surface area contributed by atoms with Gasteiger partial charge in [-0.25, -0.2) is 0 Å². The van der Waals surface area contributed by atoms with Crippen LogP contribution < -0.4 is 10.1 Å². The molecule has 13 heteroatoms. The van der Waals surface area contributed by atoms with Gasteiger partial charge in [-0.1, -0.05) is 23.5 Å². The minimum absolute atomic E-state index is 0.000553. The summed E-state index contributed by atoms with van der Waals surface area (Å²) in [5.41, 5.74) is 0.508. The maximum atomic E-state index is 12.2. The van der Waals surface area contributed by atoms with Gasteiger partial charge in [0.1, 0.15) is 5.75 Å². The standard InChI is InChI=1S/C16H14F2N4O5S2/c17-14(18)26-10-3-1-9(2-4-10)13-20-21-15(27-13)28-7-11(23)19-5-6-22-12(24)8-29-16(22)25/h1-4,14H,5-8H2,(H,19,23). The van der Waals surface area contributed by atoms with Gasteiger partial charge in [0.25, 0.3) is 10.5 Å². The third-order valence-electron chi connectivity index (χ3n) is 3.56. The molecule has 1 aliphatic heterocycles. The van der Waals surface area contributed by atoms with Crippen LogP contribution in [-0.4, -0.2) is 63.4 Å². The Bertz CT molecular complexity index is 878. The van der Waals surface area contributed by atoms with E-state index < -0.39 is 6.61 Å². The molecule has 2 aromatic rings. The summed E-state index contributed by atoms with van der Waals surface area (Å²) in [5.74, 6) is -0.292. The van der Waals surface area contributed by atoms with Crippen molar-refractivity contribution in [1.29, 1.82) is 0 Å². The van der Waals surface area contributed by atoms with Crippen LogP contribution in [0.5, 0.6) is 5.75 Å². The van der Waals surface area contributed by atoms with Gasteiger partial charge in [0, 0.05) is 18.7 Å². The number of thioether (sulfide) groups is 2. The Morgan fingerprint density at radius 1 is 1.31 bits per heavy atom. The van der Waals surface area contributed by atoms with Gasteiger partial charge in [0.15, 0.2) is 0 Å². The fourth-order valence-corrected chi connectivity index (χ4v) is 3.59. The quantitative estimate of drug-likeness (QED) is 0.582. The molecule has 2 heterocycles. The van der Waals surface area contributed by atoms with E-state index in [1.807, 2.05) is 0 Å². The Morgan fingerprint density at radius 3 is 2.72 bits per heavy atom. The molecule has 0 spiro atoms. The Hall–Kier alpha value is -2.67. The first-order valence-electron chi connectivity index (χ1n) is 8.18. The average Bonchev–Trinajstić information content (AvgIpc) is 3.28. The van der Waals surface area contributed by atoms with Gasteiger partial charge in [-0.3, -0.25) is 19.3 Å². The molecule has 154 valence electrons. The second-order valence-electron chi connectivity index (χ2n) is 5.51. The van der Waals surface area contributed by atoms with E-state index in [9.17, 15) is 23.2 Å². The molecule has 3 rings (SSSR count). The molecule has 0 aliphatic carbocycles. The number of amides is 3. The highest BCUT2D eigenvalue weighted by Gasteiger charge is 2.29. The zero-order valence-electron chi connectivity index (χ0n) is 14.7. The summed E-state index contributed by atoms with van der Waals surface area (Å²) in [4.78, 5) is 35.9. The number of ether oxygens (including phenoxy) is 1. The molecule has 0 saturated carbocycles. The normalized spacial score (nSPS) is 14.0. The fraction of sp³-hybridized carbons (Fsp3) is 0.312. The number of hydrogen-bond donors (Lipinski definition) is 1. The first-order valence-corrected chi connectivity index (χ1v) is 10.1. The number of alkyl halides is 2. The molecule has 1 aliphatic rings. The summed E-state index contributed by atoms with van der Waals surface area (Å²) in [6, 6.07) is 5.68. The third kappa shape index (κ3) is 5.90. The summed E-state index contributed by atoms with van der Waals surface area (Å²) in [7, 11) is 0. The zero-order chi connectivity index (χ0) is 20.8. The Kier molecular flexibility index (Phi) is 7.04. The molecule has 29 heavy (non-hydrogen) atoms. The van der Waals surface area contributed by atoms with Gasteiger partial charge >= 0.3 is 6.61 Å². The van der Waals surface area contributed by atoms with Gasteiger partial charge in [0.05, 0.1) is 11.5 Å². The number of nitrogens with zero attached hydrogens (tertiary/aromatic N) is 3. The van der Waals surface area contributed by atoms with Crippen LogP contribution in [0.1, 0.15) is 0 Å². The molecule has 0 unspecified atom stereocenters. The van der Waals surface area contributed by atoms with Crippen LogP contribution in [0.25, 0.3) is 11.5 Å². The molecule has 3 amide bonds. The molecule has 1 fully saturated rings. The predicted octanol–water partition coefficient (Wildman–Crippen LogP) is 2.24. The van der Waals surface area contributed by atoms with E-state index in [1.54, 1.807) is 0 Å². The summed E-state index contributed by atoms with van der Waals surface area (Å²) in [5, 5.41) is 10.1. The number of hydrogen-bond acceptors (Lipinski definition) is 9.